The predicted octanol–water partition coefficient (Wildman–Crippen LogP) is 3.35. The highest BCUT2D eigenvalue weighted by Gasteiger charge is 2.47. The highest BCUT2D eigenvalue weighted by atomic mass is 15.3. The summed E-state index contributed by atoms with van der Waals surface area (Å²) in [4.78, 5) is 2.68. The molecule has 0 bridgehead atoms. The van der Waals surface area contributed by atoms with E-state index in [4.69, 9.17) is 0 Å². The van der Waals surface area contributed by atoms with Crippen LogP contribution in [0.2, 0.25) is 0 Å². The molecule has 0 aromatic heterocycles. The van der Waals surface area contributed by atoms with Crippen molar-refractivity contribution in [2.45, 2.75) is 58.2 Å². The molecule has 1 N–H and O–H groups in total. The third-order valence-electron chi connectivity index (χ3n) is 5.23. The van der Waals surface area contributed by atoms with Gasteiger partial charge < -0.3 is 5.32 Å². The fraction of sp³-hybridized carbons (Fsp3) is 0.667. The fourth-order valence-corrected chi connectivity index (χ4v) is 3.49. The number of hydrogen-bond donors (Lipinski definition) is 1. The van der Waals surface area contributed by atoms with Gasteiger partial charge in [-0.2, -0.15) is 0 Å². The minimum atomic E-state index is 0.234. The summed E-state index contributed by atoms with van der Waals surface area (Å²) in [5.74, 6) is 0.888. The lowest BCUT2D eigenvalue weighted by Crippen LogP contribution is -2.67. The minimum Gasteiger partial charge on any atom is -0.308 e. The molecule has 1 aromatic carbocycles. The molecule has 0 spiro atoms. The average Bonchev–Trinajstić information content (AvgIpc) is 3.19. The van der Waals surface area contributed by atoms with Crippen molar-refractivity contribution in [2.75, 3.05) is 13.1 Å². The molecule has 20 heavy (non-hydrogen) atoms. The minimum absolute atomic E-state index is 0.234. The van der Waals surface area contributed by atoms with Gasteiger partial charge in [0.15, 0.2) is 0 Å². The van der Waals surface area contributed by atoms with Crippen LogP contribution in [0.4, 0.5) is 0 Å². The van der Waals surface area contributed by atoms with Crippen LogP contribution in [0.1, 0.15) is 44.7 Å². The van der Waals surface area contributed by atoms with Gasteiger partial charge in [-0.1, -0.05) is 29.8 Å². The van der Waals surface area contributed by atoms with Gasteiger partial charge in [0.05, 0.1) is 0 Å². The Hall–Kier alpha value is -0.860. The molecule has 1 aliphatic heterocycles. The fourth-order valence-electron chi connectivity index (χ4n) is 3.49. The van der Waals surface area contributed by atoms with Crippen molar-refractivity contribution < 1.29 is 0 Å². The molecule has 1 unspecified atom stereocenters. The highest BCUT2D eigenvalue weighted by molar-refractivity contribution is 5.23. The molecular formula is C18H28N2. The van der Waals surface area contributed by atoms with E-state index in [1.165, 1.54) is 30.5 Å². The van der Waals surface area contributed by atoms with E-state index >= 15 is 0 Å². The Kier molecular flexibility index (Phi) is 3.42. The Morgan fingerprint density at radius 1 is 1.25 bits per heavy atom. The normalized spacial score (nSPS) is 30.4. The van der Waals surface area contributed by atoms with Crippen LogP contribution < -0.4 is 5.32 Å². The zero-order chi connectivity index (χ0) is 14.4. The lowest BCUT2D eigenvalue weighted by Gasteiger charge is -2.51. The zero-order valence-electron chi connectivity index (χ0n) is 13.4. The first-order valence-electron chi connectivity index (χ1n) is 7.95. The summed E-state index contributed by atoms with van der Waals surface area (Å²) < 4.78 is 0. The van der Waals surface area contributed by atoms with Gasteiger partial charge in [-0.05, 0) is 52.0 Å². The predicted molar refractivity (Wildman–Crippen MR) is 84.8 cm³/mol. The van der Waals surface area contributed by atoms with Crippen LogP contribution >= 0.6 is 0 Å². The summed E-state index contributed by atoms with van der Waals surface area (Å²) in [6.07, 6.45) is 2.81. The van der Waals surface area contributed by atoms with Gasteiger partial charge in [0, 0.05) is 30.7 Å². The van der Waals surface area contributed by atoms with E-state index in [0.29, 0.717) is 5.54 Å². The molecule has 2 nitrogen and oxygen atoms in total. The molecule has 1 heterocycles. The highest BCUT2D eigenvalue weighted by Crippen LogP contribution is 2.42. The summed E-state index contributed by atoms with van der Waals surface area (Å²) >= 11 is 0. The molecule has 110 valence electrons. The Morgan fingerprint density at radius 3 is 2.65 bits per heavy atom. The number of aryl methyl sites for hydroxylation is 1. The van der Waals surface area contributed by atoms with Gasteiger partial charge in [0.25, 0.3) is 0 Å². The Bertz CT molecular complexity index is 490. The molecule has 2 heteroatoms. The van der Waals surface area contributed by atoms with Gasteiger partial charge in [-0.15, -0.1) is 0 Å². The van der Waals surface area contributed by atoms with Gasteiger partial charge in [-0.3, -0.25) is 4.90 Å². The van der Waals surface area contributed by atoms with Gasteiger partial charge in [0.2, 0.25) is 0 Å². The van der Waals surface area contributed by atoms with Gasteiger partial charge in [0.1, 0.15) is 0 Å². The van der Waals surface area contributed by atoms with Crippen molar-refractivity contribution in [2.24, 2.45) is 5.92 Å². The second-order valence-corrected chi connectivity index (χ2v) is 7.70. The van der Waals surface area contributed by atoms with Gasteiger partial charge >= 0.3 is 0 Å². The SMILES string of the molecule is Cc1cccc(CN2CC(C)(C3CC3)NCC2(C)C)c1. The lowest BCUT2D eigenvalue weighted by molar-refractivity contribution is 0.0178. The second kappa shape index (κ2) is 4.85. The topological polar surface area (TPSA) is 15.3 Å². The molecule has 0 amide bonds. The van der Waals surface area contributed by atoms with Crippen LogP contribution in [0.15, 0.2) is 24.3 Å². The van der Waals surface area contributed by atoms with E-state index in [2.05, 4.69) is 62.2 Å². The number of piperazine rings is 1. The van der Waals surface area contributed by atoms with Gasteiger partial charge in [-0.25, -0.2) is 0 Å². The maximum atomic E-state index is 3.83. The van der Waals surface area contributed by atoms with Crippen LogP contribution in [0, 0.1) is 12.8 Å². The third kappa shape index (κ3) is 2.77. The van der Waals surface area contributed by atoms with Crippen molar-refractivity contribution in [1.29, 1.82) is 0 Å². The van der Waals surface area contributed by atoms with E-state index in [1.807, 2.05) is 0 Å². The lowest BCUT2D eigenvalue weighted by atomic mass is 9.86. The molecule has 1 saturated carbocycles. The first kappa shape index (κ1) is 14.1. The van der Waals surface area contributed by atoms with Crippen LogP contribution in [0.3, 0.4) is 0 Å². The molecule has 1 aromatic rings. The maximum Gasteiger partial charge on any atom is 0.0309 e. The number of benzene rings is 1. The molecule has 2 aliphatic rings. The molecule has 3 rings (SSSR count). The van der Waals surface area contributed by atoms with Crippen LogP contribution in [-0.2, 0) is 6.54 Å². The monoisotopic (exact) mass is 272 g/mol. The summed E-state index contributed by atoms with van der Waals surface area (Å²) in [6, 6.07) is 8.95. The number of nitrogens with one attached hydrogen (secondary N) is 1. The smallest absolute Gasteiger partial charge is 0.0309 e. The largest absolute Gasteiger partial charge is 0.308 e. The standard InChI is InChI=1S/C18H28N2/c1-14-6-5-7-15(10-14)11-20-13-18(4,16-8-9-16)19-12-17(20,2)3/h5-7,10,16,19H,8-9,11-13H2,1-4H3. The van der Waals surface area contributed by atoms with Crippen molar-refractivity contribution in [1.82, 2.24) is 10.2 Å². The van der Waals surface area contributed by atoms with Crippen LogP contribution in [0.25, 0.3) is 0 Å². The number of rotatable bonds is 3. The number of hydrogen-bond acceptors (Lipinski definition) is 2. The summed E-state index contributed by atoms with van der Waals surface area (Å²) in [6.45, 7) is 12.7. The van der Waals surface area contributed by atoms with E-state index < -0.39 is 0 Å². The Morgan fingerprint density at radius 2 is 2.00 bits per heavy atom. The van der Waals surface area contributed by atoms with Crippen molar-refractivity contribution >= 4 is 0 Å². The molecule has 2 fully saturated rings. The first-order chi connectivity index (χ1) is 9.39. The first-order valence-corrected chi connectivity index (χ1v) is 7.95. The van der Waals surface area contributed by atoms with E-state index in [1.54, 1.807) is 0 Å². The van der Waals surface area contributed by atoms with Crippen molar-refractivity contribution in [3.05, 3.63) is 35.4 Å². The molecular weight excluding hydrogens is 244 g/mol. The van der Waals surface area contributed by atoms with E-state index in [-0.39, 0.29) is 5.54 Å². The molecule has 1 aliphatic carbocycles. The zero-order valence-corrected chi connectivity index (χ0v) is 13.4. The molecule has 1 atom stereocenters. The quantitative estimate of drug-likeness (QED) is 0.908. The van der Waals surface area contributed by atoms with Crippen LogP contribution in [-0.4, -0.2) is 29.1 Å². The van der Waals surface area contributed by atoms with Crippen molar-refractivity contribution in [3.8, 4) is 0 Å². The molecule has 0 radical (unpaired) electrons. The average molecular weight is 272 g/mol. The van der Waals surface area contributed by atoms with Crippen LogP contribution in [0.5, 0.6) is 0 Å². The maximum absolute atomic E-state index is 3.83. The summed E-state index contributed by atoms with van der Waals surface area (Å²) in [7, 11) is 0. The summed E-state index contributed by atoms with van der Waals surface area (Å²) in [5.41, 5.74) is 3.36. The van der Waals surface area contributed by atoms with Crippen molar-refractivity contribution in [3.63, 3.8) is 0 Å². The Balaban J connectivity index is 1.77. The van der Waals surface area contributed by atoms with E-state index in [0.717, 1.165) is 19.0 Å². The summed E-state index contributed by atoms with van der Waals surface area (Å²) in [5, 5.41) is 3.83. The Labute approximate surface area is 123 Å². The van der Waals surface area contributed by atoms with E-state index in [9.17, 15) is 0 Å². The number of nitrogens with zero attached hydrogens (tertiary/aromatic N) is 1. The second-order valence-electron chi connectivity index (χ2n) is 7.70. The molecule has 1 saturated heterocycles. The third-order valence-corrected chi connectivity index (χ3v) is 5.23.